The number of carbonyl (C=O) groups excluding carboxylic acids is 1. The van der Waals surface area contributed by atoms with Gasteiger partial charge in [0.2, 0.25) is 5.43 Å². The van der Waals surface area contributed by atoms with Crippen LogP contribution in [0.2, 0.25) is 0 Å². The number of aromatic nitrogens is 1. The van der Waals surface area contributed by atoms with Crippen LogP contribution in [-0.2, 0) is 0 Å². The molecule has 116 valence electrons. The molecular weight excluding hydrogens is 287 g/mol. The van der Waals surface area contributed by atoms with Crippen LogP contribution in [0.15, 0.2) is 23.1 Å². The van der Waals surface area contributed by atoms with Crippen molar-refractivity contribution in [3.63, 3.8) is 0 Å². The number of amides is 1. The zero-order chi connectivity index (χ0) is 15.9. The minimum absolute atomic E-state index is 0.0196. The second-order valence-corrected chi connectivity index (χ2v) is 6.02. The number of halogens is 1. The minimum atomic E-state index is -0.509. The maximum atomic E-state index is 13.5. The summed E-state index contributed by atoms with van der Waals surface area (Å²) in [6, 6.07) is 2.46. The zero-order valence-electron chi connectivity index (χ0n) is 12.2. The van der Waals surface area contributed by atoms with E-state index in [1.807, 2.05) is 0 Å². The van der Waals surface area contributed by atoms with Crippen LogP contribution >= 0.6 is 0 Å². The number of hydrogen-bond acceptors (Lipinski definition) is 3. The molecule has 1 aliphatic carbocycles. The summed E-state index contributed by atoms with van der Waals surface area (Å²) in [5.41, 5.74) is 0.351. The molecule has 1 aromatic heterocycles. The van der Waals surface area contributed by atoms with Crippen molar-refractivity contribution < 1.29 is 14.3 Å². The van der Waals surface area contributed by atoms with Gasteiger partial charge in [-0.25, -0.2) is 4.39 Å². The van der Waals surface area contributed by atoms with Gasteiger partial charge < -0.3 is 15.4 Å². The van der Waals surface area contributed by atoms with Gasteiger partial charge in [-0.15, -0.1) is 0 Å². The first-order valence-corrected chi connectivity index (χ1v) is 7.16. The van der Waals surface area contributed by atoms with Crippen LogP contribution in [0.3, 0.4) is 0 Å². The Morgan fingerprint density at radius 1 is 1.45 bits per heavy atom. The number of hydrogen-bond donors (Lipinski definition) is 3. The number of aliphatic hydroxyl groups is 1. The highest BCUT2D eigenvalue weighted by Gasteiger charge is 2.42. The number of pyridine rings is 1. The second kappa shape index (κ2) is 5.21. The van der Waals surface area contributed by atoms with Gasteiger partial charge in [0.05, 0.1) is 12.1 Å². The van der Waals surface area contributed by atoms with Crippen molar-refractivity contribution in [3.8, 4) is 0 Å². The fourth-order valence-corrected chi connectivity index (χ4v) is 2.57. The topological polar surface area (TPSA) is 82.2 Å². The van der Waals surface area contributed by atoms with Crippen molar-refractivity contribution in [2.75, 3.05) is 13.2 Å². The molecule has 0 saturated heterocycles. The van der Waals surface area contributed by atoms with E-state index in [0.29, 0.717) is 17.6 Å². The molecule has 1 aromatic carbocycles. The molecule has 1 aliphatic rings. The molecule has 5 nitrogen and oxygen atoms in total. The van der Waals surface area contributed by atoms with Gasteiger partial charge in [0.15, 0.2) is 0 Å². The summed E-state index contributed by atoms with van der Waals surface area (Å²) in [7, 11) is 0. The molecule has 22 heavy (non-hydrogen) atoms. The summed E-state index contributed by atoms with van der Waals surface area (Å²) < 4.78 is 13.5. The predicted molar refractivity (Wildman–Crippen MR) is 80.3 cm³/mol. The molecule has 3 rings (SSSR count). The monoisotopic (exact) mass is 304 g/mol. The van der Waals surface area contributed by atoms with Crippen molar-refractivity contribution in [2.45, 2.75) is 19.8 Å². The highest BCUT2D eigenvalue weighted by atomic mass is 19.1. The van der Waals surface area contributed by atoms with Gasteiger partial charge in [0.1, 0.15) is 11.4 Å². The van der Waals surface area contributed by atoms with Gasteiger partial charge in [0, 0.05) is 23.5 Å². The summed E-state index contributed by atoms with van der Waals surface area (Å²) in [5, 5.41) is 12.1. The third-order valence-corrected chi connectivity index (χ3v) is 4.31. The third kappa shape index (κ3) is 2.50. The summed E-state index contributed by atoms with van der Waals surface area (Å²) in [6.07, 6.45) is 3.08. The Labute approximate surface area is 126 Å². The van der Waals surface area contributed by atoms with Crippen molar-refractivity contribution in [3.05, 3.63) is 45.5 Å². The van der Waals surface area contributed by atoms with E-state index in [2.05, 4.69) is 10.3 Å². The number of fused-ring (bicyclic) bond motifs is 1. The van der Waals surface area contributed by atoms with Crippen LogP contribution < -0.4 is 10.7 Å². The van der Waals surface area contributed by atoms with Crippen molar-refractivity contribution >= 4 is 16.8 Å². The molecule has 0 spiro atoms. The van der Waals surface area contributed by atoms with Crippen LogP contribution in [-0.4, -0.2) is 29.1 Å². The summed E-state index contributed by atoms with van der Waals surface area (Å²) in [6.45, 7) is 2.05. The SMILES string of the molecule is Cc1cc(F)cc2c(=O)c(C(=O)NCC3(CO)CC3)c[nH]c12. The maximum absolute atomic E-state index is 13.5. The highest BCUT2D eigenvalue weighted by Crippen LogP contribution is 2.44. The van der Waals surface area contributed by atoms with E-state index in [-0.39, 0.29) is 23.0 Å². The lowest BCUT2D eigenvalue weighted by molar-refractivity contribution is 0.0934. The molecule has 1 amide bonds. The molecule has 1 fully saturated rings. The van der Waals surface area contributed by atoms with E-state index in [4.69, 9.17) is 0 Å². The number of aromatic amines is 1. The number of aliphatic hydroxyl groups excluding tert-OH is 1. The maximum Gasteiger partial charge on any atom is 0.256 e. The first kappa shape index (κ1) is 14.7. The normalized spacial score (nSPS) is 15.8. The second-order valence-electron chi connectivity index (χ2n) is 6.02. The first-order valence-electron chi connectivity index (χ1n) is 7.16. The fraction of sp³-hybridized carbons (Fsp3) is 0.375. The van der Waals surface area contributed by atoms with Crippen LogP contribution in [0.4, 0.5) is 4.39 Å². The molecule has 0 unspecified atom stereocenters. The minimum Gasteiger partial charge on any atom is -0.396 e. The molecule has 1 saturated carbocycles. The average molecular weight is 304 g/mol. The molecule has 0 bridgehead atoms. The fourth-order valence-electron chi connectivity index (χ4n) is 2.57. The Bertz CT molecular complexity index is 809. The van der Waals surface area contributed by atoms with E-state index in [1.54, 1.807) is 6.92 Å². The van der Waals surface area contributed by atoms with E-state index < -0.39 is 17.2 Å². The first-order chi connectivity index (χ1) is 10.5. The quantitative estimate of drug-likeness (QED) is 0.800. The summed E-state index contributed by atoms with van der Waals surface area (Å²) in [4.78, 5) is 27.4. The molecular formula is C16H17FN2O3. The Hall–Kier alpha value is -2.21. The van der Waals surface area contributed by atoms with Gasteiger partial charge >= 0.3 is 0 Å². The van der Waals surface area contributed by atoms with E-state index in [0.717, 1.165) is 18.9 Å². The number of H-pyrrole nitrogens is 1. The van der Waals surface area contributed by atoms with Crippen LogP contribution in [0, 0.1) is 18.2 Å². The van der Waals surface area contributed by atoms with Gasteiger partial charge in [-0.1, -0.05) is 0 Å². The van der Waals surface area contributed by atoms with Crippen LogP contribution in [0.5, 0.6) is 0 Å². The standard InChI is InChI=1S/C16H17FN2O3/c1-9-4-10(17)5-11-13(9)18-6-12(14(11)21)15(22)19-7-16(8-20)2-3-16/h4-6,20H,2-3,7-8H2,1H3,(H,18,21)(H,19,22). The molecule has 3 N–H and O–H groups in total. The molecule has 0 atom stereocenters. The molecule has 6 heteroatoms. The summed E-state index contributed by atoms with van der Waals surface area (Å²) in [5.74, 6) is -1.02. The van der Waals surface area contributed by atoms with Crippen LogP contribution in [0.1, 0.15) is 28.8 Å². The lowest BCUT2D eigenvalue weighted by Crippen LogP contribution is -2.34. The molecule has 1 heterocycles. The Morgan fingerprint density at radius 2 is 2.18 bits per heavy atom. The van der Waals surface area contributed by atoms with Crippen LogP contribution in [0.25, 0.3) is 10.9 Å². The van der Waals surface area contributed by atoms with Crippen molar-refractivity contribution in [2.24, 2.45) is 5.41 Å². The van der Waals surface area contributed by atoms with Crippen molar-refractivity contribution in [1.29, 1.82) is 0 Å². The van der Waals surface area contributed by atoms with E-state index in [9.17, 15) is 19.1 Å². The number of rotatable bonds is 4. The predicted octanol–water partition coefficient (Wildman–Crippen LogP) is 1.48. The molecule has 2 aromatic rings. The summed E-state index contributed by atoms with van der Waals surface area (Å²) >= 11 is 0. The van der Waals surface area contributed by atoms with Gasteiger partial charge in [-0.05, 0) is 37.5 Å². The Balaban J connectivity index is 1.92. The number of carbonyl (C=O) groups is 1. The third-order valence-electron chi connectivity index (χ3n) is 4.31. The van der Waals surface area contributed by atoms with E-state index in [1.165, 1.54) is 12.3 Å². The lowest BCUT2D eigenvalue weighted by Gasteiger charge is -2.12. The van der Waals surface area contributed by atoms with Gasteiger partial charge in [-0.3, -0.25) is 9.59 Å². The van der Waals surface area contributed by atoms with Gasteiger partial charge in [-0.2, -0.15) is 0 Å². The van der Waals surface area contributed by atoms with Crippen molar-refractivity contribution in [1.82, 2.24) is 10.3 Å². The number of aryl methyl sites for hydroxylation is 1. The largest absolute Gasteiger partial charge is 0.396 e. The smallest absolute Gasteiger partial charge is 0.256 e. The lowest BCUT2D eigenvalue weighted by atomic mass is 10.1. The van der Waals surface area contributed by atoms with Gasteiger partial charge in [0.25, 0.3) is 5.91 Å². The molecule has 0 aliphatic heterocycles. The molecule has 0 radical (unpaired) electrons. The zero-order valence-corrected chi connectivity index (χ0v) is 12.2. The Morgan fingerprint density at radius 3 is 2.82 bits per heavy atom. The Kier molecular flexibility index (Phi) is 3.48. The van der Waals surface area contributed by atoms with E-state index >= 15 is 0 Å². The highest BCUT2D eigenvalue weighted by molar-refractivity contribution is 5.97. The number of nitrogens with one attached hydrogen (secondary N) is 2. The number of benzene rings is 1. The average Bonchev–Trinajstić information content (AvgIpc) is 3.26.